The van der Waals surface area contributed by atoms with E-state index in [4.69, 9.17) is 23.2 Å². The SMILES string of the molecule is COC(=O)Nc1cccc(NC(=O)Cc2ccc(Cl)c(Cl)c2)c1. The Balaban J connectivity index is 2.00. The Bertz CT molecular complexity index is 735. The molecule has 2 rings (SSSR count). The lowest BCUT2D eigenvalue weighted by Crippen LogP contribution is -2.15. The van der Waals surface area contributed by atoms with Crippen LogP contribution in [-0.4, -0.2) is 19.1 Å². The largest absolute Gasteiger partial charge is 0.453 e. The van der Waals surface area contributed by atoms with E-state index in [0.717, 1.165) is 5.56 Å². The summed E-state index contributed by atoms with van der Waals surface area (Å²) in [5.41, 5.74) is 1.83. The van der Waals surface area contributed by atoms with Crippen LogP contribution in [0, 0.1) is 0 Å². The Morgan fingerprint density at radius 3 is 2.35 bits per heavy atom. The van der Waals surface area contributed by atoms with Crippen molar-refractivity contribution in [3.05, 3.63) is 58.1 Å². The van der Waals surface area contributed by atoms with Crippen LogP contribution in [0.25, 0.3) is 0 Å². The number of hydrogen-bond acceptors (Lipinski definition) is 3. The van der Waals surface area contributed by atoms with E-state index in [2.05, 4.69) is 15.4 Å². The molecule has 2 N–H and O–H groups in total. The molecule has 0 saturated heterocycles. The highest BCUT2D eigenvalue weighted by Crippen LogP contribution is 2.23. The Labute approximate surface area is 143 Å². The van der Waals surface area contributed by atoms with Crippen molar-refractivity contribution < 1.29 is 14.3 Å². The molecular formula is C16H14Cl2N2O3. The fraction of sp³-hybridized carbons (Fsp3) is 0.125. The van der Waals surface area contributed by atoms with Gasteiger partial charge in [0.1, 0.15) is 0 Å². The molecule has 0 aliphatic rings. The predicted octanol–water partition coefficient (Wildman–Crippen LogP) is 4.35. The zero-order valence-electron chi connectivity index (χ0n) is 12.2. The first-order valence-corrected chi connectivity index (χ1v) is 7.42. The smallest absolute Gasteiger partial charge is 0.411 e. The standard InChI is InChI=1S/C16H14Cl2N2O3/c1-23-16(22)20-12-4-2-3-11(9-12)19-15(21)8-10-5-6-13(17)14(18)7-10/h2-7,9H,8H2,1H3,(H,19,21)(H,20,22). The van der Waals surface area contributed by atoms with Crippen LogP contribution in [0.15, 0.2) is 42.5 Å². The number of anilines is 2. The quantitative estimate of drug-likeness (QED) is 0.859. The molecule has 5 nitrogen and oxygen atoms in total. The third-order valence-electron chi connectivity index (χ3n) is 2.93. The maximum Gasteiger partial charge on any atom is 0.411 e. The third kappa shape index (κ3) is 5.16. The number of amides is 2. The van der Waals surface area contributed by atoms with Crippen LogP contribution in [-0.2, 0) is 16.0 Å². The predicted molar refractivity (Wildman–Crippen MR) is 91.3 cm³/mol. The molecule has 0 saturated carbocycles. The highest BCUT2D eigenvalue weighted by Gasteiger charge is 2.07. The average Bonchev–Trinajstić information content (AvgIpc) is 2.51. The Morgan fingerprint density at radius 1 is 1.00 bits per heavy atom. The summed E-state index contributed by atoms with van der Waals surface area (Å²) < 4.78 is 4.51. The van der Waals surface area contributed by atoms with E-state index in [1.807, 2.05) is 0 Å². The molecule has 0 aliphatic carbocycles. The number of benzene rings is 2. The van der Waals surface area contributed by atoms with Gasteiger partial charge in [-0.05, 0) is 35.9 Å². The van der Waals surface area contributed by atoms with Crippen molar-refractivity contribution in [1.82, 2.24) is 0 Å². The van der Waals surface area contributed by atoms with Gasteiger partial charge in [0.2, 0.25) is 5.91 Å². The van der Waals surface area contributed by atoms with Gasteiger partial charge in [0.15, 0.2) is 0 Å². The molecule has 2 amide bonds. The van der Waals surface area contributed by atoms with E-state index in [0.29, 0.717) is 21.4 Å². The minimum atomic E-state index is -0.579. The monoisotopic (exact) mass is 352 g/mol. The maximum absolute atomic E-state index is 12.1. The number of rotatable bonds is 4. The molecule has 0 unspecified atom stereocenters. The lowest BCUT2D eigenvalue weighted by atomic mass is 10.1. The number of hydrogen-bond donors (Lipinski definition) is 2. The van der Waals surface area contributed by atoms with Crippen LogP contribution >= 0.6 is 23.2 Å². The molecule has 23 heavy (non-hydrogen) atoms. The molecular weight excluding hydrogens is 339 g/mol. The molecule has 0 spiro atoms. The number of carbonyl (C=O) groups excluding carboxylic acids is 2. The molecule has 0 atom stereocenters. The number of methoxy groups -OCH3 is 1. The van der Waals surface area contributed by atoms with E-state index in [1.165, 1.54) is 7.11 Å². The van der Waals surface area contributed by atoms with Crippen LogP contribution in [0.5, 0.6) is 0 Å². The van der Waals surface area contributed by atoms with E-state index < -0.39 is 6.09 Å². The molecule has 120 valence electrons. The maximum atomic E-state index is 12.1. The Kier molecular flexibility index (Phi) is 5.84. The number of ether oxygens (including phenoxy) is 1. The molecule has 0 radical (unpaired) electrons. The second kappa shape index (κ2) is 7.85. The van der Waals surface area contributed by atoms with Gasteiger partial charge in [-0.15, -0.1) is 0 Å². The van der Waals surface area contributed by atoms with Crippen LogP contribution < -0.4 is 10.6 Å². The molecule has 0 fully saturated rings. The van der Waals surface area contributed by atoms with Crippen LogP contribution in [0.2, 0.25) is 10.0 Å². The van der Waals surface area contributed by atoms with Crippen LogP contribution in [0.3, 0.4) is 0 Å². The number of nitrogens with one attached hydrogen (secondary N) is 2. The van der Waals surface area contributed by atoms with Gasteiger partial charge in [0.05, 0.1) is 23.6 Å². The van der Waals surface area contributed by atoms with E-state index in [-0.39, 0.29) is 12.3 Å². The summed E-state index contributed by atoms with van der Waals surface area (Å²) in [5, 5.41) is 6.12. The van der Waals surface area contributed by atoms with Gasteiger partial charge < -0.3 is 10.1 Å². The lowest BCUT2D eigenvalue weighted by molar-refractivity contribution is -0.115. The summed E-state index contributed by atoms with van der Waals surface area (Å²) in [4.78, 5) is 23.2. The van der Waals surface area contributed by atoms with Gasteiger partial charge >= 0.3 is 6.09 Å². The molecule has 0 bridgehead atoms. The summed E-state index contributed by atoms with van der Waals surface area (Å²) >= 11 is 11.8. The average molecular weight is 353 g/mol. The zero-order chi connectivity index (χ0) is 16.8. The van der Waals surface area contributed by atoms with E-state index >= 15 is 0 Å². The summed E-state index contributed by atoms with van der Waals surface area (Å²) in [6.07, 6.45) is -0.421. The van der Waals surface area contributed by atoms with Crippen molar-refractivity contribution in [1.29, 1.82) is 0 Å². The van der Waals surface area contributed by atoms with Crippen molar-refractivity contribution in [2.75, 3.05) is 17.7 Å². The van der Waals surface area contributed by atoms with Crippen molar-refractivity contribution >= 4 is 46.6 Å². The van der Waals surface area contributed by atoms with E-state index in [1.54, 1.807) is 42.5 Å². The van der Waals surface area contributed by atoms with Crippen molar-refractivity contribution in [3.63, 3.8) is 0 Å². The molecule has 2 aromatic carbocycles. The fourth-order valence-electron chi connectivity index (χ4n) is 1.88. The second-order valence-electron chi connectivity index (χ2n) is 4.67. The number of halogens is 2. The molecule has 7 heteroatoms. The first kappa shape index (κ1) is 17.1. The number of carbonyl (C=O) groups is 2. The van der Waals surface area contributed by atoms with Gasteiger partial charge in [0.25, 0.3) is 0 Å². The van der Waals surface area contributed by atoms with Gasteiger partial charge in [-0.2, -0.15) is 0 Å². The van der Waals surface area contributed by atoms with E-state index in [9.17, 15) is 9.59 Å². The Morgan fingerprint density at radius 2 is 1.70 bits per heavy atom. The minimum absolute atomic E-state index is 0.158. The highest BCUT2D eigenvalue weighted by atomic mass is 35.5. The van der Waals surface area contributed by atoms with Gasteiger partial charge in [-0.25, -0.2) is 4.79 Å². The first-order valence-electron chi connectivity index (χ1n) is 6.67. The summed E-state index contributed by atoms with van der Waals surface area (Å²) in [6, 6.07) is 11.8. The summed E-state index contributed by atoms with van der Waals surface area (Å²) in [6.45, 7) is 0. The summed E-state index contributed by atoms with van der Waals surface area (Å²) in [7, 11) is 1.28. The van der Waals surface area contributed by atoms with Gasteiger partial charge in [0, 0.05) is 11.4 Å². The van der Waals surface area contributed by atoms with Crippen molar-refractivity contribution in [2.24, 2.45) is 0 Å². The van der Waals surface area contributed by atoms with Gasteiger partial charge in [-0.3, -0.25) is 10.1 Å². The Hall–Kier alpha value is -2.24. The van der Waals surface area contributed by atoms with Crippen LogP contribution in [0.4, 0.5) is 16.2 Å². The third-order valence-corrected chi connectivity index (χ3v) is 3.67. The molecule has 0 aliphatic heterocycles. The summed E-state index contributed by atoms with van der Waals surface area (Å²) in [5.74, 6) is -0.210. The first-order chi connectivity index (χ1) is 11.0. The highest BCUT2D eigenvalue weighted by molar-refractivity contribution is 6.42. The normalized spacial score (nSPS) is 10.0. The van der Waals surface area contributed by atoms with Crippen molar-refractivity contribution in [3.8, 4) is 0 Å². The zero-order valence-corrected chi connectivity index (χ0v) is 13.7. The topological polar surface area (TPSA) is 67.4 Å². The van der Waals surface area contributed by atoms with Gasteiger partial charge in [-0.1, -0.05) is 35.3 Å². The van der Waals surface area contributed by atoms with Crippen molar-refractivity contribution in [2.45, 2.75) is 6.42 Å². The molecule has 0 aromatic heterocycles. The minimum Gasteiger partial charge on any atom is -0.453 e. The fourth-order valence-corrected chi connectivity index (χ4v) is 2.20. The molecule has 2 aromatic rings. The lowest BCUT2D eigenvalue weighted by Gasteiger charge is -2.08. The van der Waals surface area contributed by atoms with Crippen LogP contribution in [0.1, 0.15) is 5.56 Å². The second-order valence-corrected chi connectivity index (χ2v) is 5.49. The molecule has 0 heterocycles.